The van der Waals surface area contributed by atoms with Gasteiger partial charge in [0.1, 0.15) is 11.4 Å². The van der Waals surface area contributed by atoms with Crippen molar-refractivity contribution in [2.45, 2.75) is 83.4 Å². The number of benzene rings is 1. The number of piperidine rings is 1. The molecule has 1 aliphatic rings. The highest BCUT2D eigenvalue weighted by Gasteiger charge is 2.38. The first-order chi connectivity index (χ1) is 15.4. The molecule has 0 aliphatic carbocycles. The predicted molar refractivity (Wildman–Crippen MR) is 130 cm³/mol. The van der Waals surface area contributed by atoms with E-state index in [-0.39, 0.29) is 10.9 Å². The van der Waals surface area contributed by atoms with Gasteiger partial charge in [0, 0.05) is 24.3 Å². The smallest absolute Gasteiger partial charge is 0.416 e. The van der Waals surface area contributed by atoms with Crippen LogP contribution in [0.4, 0.5) is 10.6 Å². The van der Waals surface area contributed by atoms with Crippen molar-refractivity contribution in [3.05, 3.63) is 53.7 Å². The zero-order valence-electron chi connectivity index (χ0n) is 20.4. The van der Waals surface area contributed by atoms with Crippen molar-refractivity contribution in [2.24, 2.45) is 0 Å². The number of anilines is 1. The lowest BCUT2D eigenvalue weighted by Crippen LogP contribution is -2.44. The van der Waals surface area contributed by atoms with Crippen LogP contribution in [-0.2, 0) is 14.8 Å². The fourth-order valence-corrected chi connectivity index (χ4v) is 5.75. The SMILES string of the molecule is Cc1ccc(S(=O)(=O)N2CCCC[C@@H]2c2cccnc2N(C(=O)OC(C)(C)C)C(C)C)cc1. The summed E-state index contributed by atoms with van der Waals surface area (Å²) in [5.74, 6) is 0.442. The van der Waals surface area contributed by atoms with Crippen molar-refractivity contribution in [1.29, 1.82) is 0 Å². The Kier molecular flexibility index (Phi) is 7.49. The summed E-state index contributed by atoms with van der Waals surface area (Å²) in [6, 6.07) is 9.95. The van der Waals surface area contributed by atoms with Gasteiger partial charge in [0.05, 0.1) is 10.9 Å². The van der Waals surface area contributed by atoms with Gasteiger partial charge in [0.25, 0.3) is 0 Å². The fourth-order valence-electron chi connectivity index (χ4n) is 4.07. The van der Waals surface area contributed by atoms with Crippen molar-refractivity contribution in [3.63, 3.8) is 0 Å². The van der Waals surface area contributed by atoms with E-state index in [1.54, 1.807) is 28.7 Å². The molecule has 0 radical (unpaired) electrons. The number of carbonyl (C=O) groups is 1. The van der Waals surface area contributed by atoms with E-state index in [1.807, 2.05) is 59.7 Å². The molecule has 1 aromatic heterocycles. The molecule has 8 heteroatoms. The van der Waals surface area contributed by atoms with Gasteiger partial charge in [0.2, 0.25) is 10.0 Å². The van der Waals surface area contributed by atoms with Gasteiger partial charge in [-0.05, 0) is 72.6 Å². The third-order valence-electron chi connectivity index (χ3n) is 5.59. The summed E-state index contributed by atoms with van der Waals surface area (Å²) in [4.78, 5) is 19.4. The predicted octanol–water partition coefficient (Wildman–Crippen LogP) is 5.46. The van der Waals surface area contributed by atoms with E-state index in [0.29, 0.717) is 24.3 Å². The summed E-state index contributed by atoms with van der Waals surface area (Å²) < 4.78 is 34.5. The summed E-state index contributed by atoms with van der Waals surface area (Å²) in [5.41, 5.74) is 1.06. The van der Waals surface area contributed by atoms with Gasteiger partial charge in [-0.1, -0.05) is 30.2 Å². The van der Waals surface area contributed by atoms with Crippen LogP contribution in [-0.4, -0.2) is 42.0 Å². The molecular formula is C25H35N3O4S. The second kappa shape index (κ2) is 9.81. The molecule has 2 heterocycles. The number of hydrogen-bond acceptors (Lipinski definition) is 5. The van der Waals surface area contributed by atoms with E-state index >= 15 is 0 Å². The van der Waals surface area contributed by atoms with Crippen molar-refractivity contribution in [1.82, 2.24) is 9.29 Å². The Morgan fingerprint density at radius 2 is 1.82 bits per heavy atom. The van der Waals surface area contributed by atoms with Crippen LogP contribution in [0.25, 0.3) is 0 Å². The van der Waals surface area contributed by atoms with E-state index in [9.17, 15) is 13.2 Å². The third kappa shape index (κ3) is 5.73. The molecule has 1 saturated heterocycles. The summed E-state index contributed by atoms with van der Waals surface area (Å²) >= 11 is 0. The lowest BCUT2D eigenvalue weighted by molar-refractivity contribution is 0.0568. The molecular weight excluding hydrogens is 438 g/mol. The average molecular weight is 474 g/mol. The number of nitrogens with zero attached hydrogens (tertiary/aromatic N) is 3. The second-order valence-corrected chi connectivity index (χ2v) is 11.7. The van der Waals surface area contributed by atoms with Gasteiger partial charge < -0.3 is 4.74 Å². The Labute approximate surface area is 197 Å². The molecule has 0 bridgehead atoms. The maximum Gasteiger partial charge on any atom is 0.416 e. The molecule has 1 amide bonds. The third-order valence-corrected chi connectivity index (χ3v) is 7.51. The van der Waals surface area contributed by atoms with Gasteiger partial charge in [0.15, 0.2) is 0 Å². The maximum atomic E-state index is 13.6. The molecule has 180 valence electrons. The van der Waals surface area contributed by atoms with Crippen LogP contribution in [0.2, 0.25) is 0 Å². The largest absolute Gasteiger partial charge is 0.443 e. The highest BCUT2D eigenvalue weighted by molar-refractivity contribution is 7.89. The molecule has 0 N–H and O–H groups in total. The summed E-state index contributed by atoms with van der Waals surface area (Å²) in [5, 5.41) is 0. The Morgan fingerprint density at radius 3 is 2.42 bits per heavy atom. The first kappa shape index (κ1) is 25.2. The minimum absolute atomic E-state index is 0.223. The van der Waals surface area contributed by atoms with Gasteiger partial charge in [-0.3, -0.25) is 4.90 Å². The number of aromatic nitrogens is 1. The first-order valence-corrected chi connectivity index (χ1v) is 12.9. The number of sulfonamides is 1. The van der Waals surface area contributed by atoms with Crippen molar-refractivity contribution in [3.8, 4) is 0 Å². The van der Waals surface area contributed by atoms with Crippen molar-refractivity contribution >= 4 is 21.9 Å². The molecule has 1 aliphatic heterocycles. The highest BCUT2D eigenvalue weighted by Crippen LogP contribution is 2.39. The van der Waals surface area contributed by atoms with Gasteiger partial charge in [-0.25, -0.2) is 18.2 Å². The number of pyridine rings is 1. The zero-order chi connectivity index (χ0) is 24.4. The summed E-state index contributed by atoms with van der Waals surface area (Å²) in [6.45, 7) is 11.6. The van der Waals surface area contributed by atoms with Crippen LogP contribution in [0, 0.1) is 6.92 Å². The number of hydrogen-bond donors (Lipinski definition) is 0. The lowest BCUT2D eigenvalue weighted by atomic mass is 9.97. The summed E-state index contributed by atoms with van der Waals surface area (Å²) in [7, 11) is -3.72. The molecule has 7 nitrogen and oxygen atoms in total. The average Bonchev–Trinajstić information content (AvgIpc) is 2.73. The quantitative estimate of drug-likeness (QED) is 0.576. The van der Waals surface area contributed by atoms with Gasteiger partial charge in [-0.2, -0.15) is 4.31 Å². The Hall–Kier alpha value is -2.45. The molecule has 0 unspecified atom stereocenters. The lowest BCUT2D eigenvalue weighted by Gasteiger charge is -2.37. The number of amides is 1. The number of rotatable bonds is 5. The fraction of sp³-hybridized carbons (Fsp3) is 0.520. The molecule has 1 fully saturated rings. The second-order valence-electron chi connectivity index (χ2n) is 9.80. The van der Waals surface area contributed by atoms with E-state index < -0.39 is 27.8 Å². The summed E-state index contributed by atoms with van der Waals surface area (Å²) in [6.07, 6.45) is 3.47. The Morgan fingerprint density at radius 1 is 1.15 bits per heavy atom. The van der Waals surface area contributed by atoms with E-state index in [0.717, 1.165) is 18.4 Å². The molecule has 33 heavy (non-hydrogen) atoms. The van der Waals surface area contributed by atoms with Crippen LogP contribution < -0.4 is 4.90 Å². The van der Waals surface area contributed by atoms with Gasteiger partial charge in [-0.15, -0.1) is 0 Å². The zero-order valence-corrected chi connectivity index (χ0v) is 21.2. The highest BCUT2D eigenvalue weighted by atomic mass is 32.2. The van der Waals surface area contributed by atoms with E-state index in [1.165, 1.54) is 4.90 Å². The standard InChI is InChI=1S/C25H35N3O4S/c1-18(2)28(24(29)32-25(4,5)6)23-21(10-9-16-26-23)22-11-7-8-17-27(22)33(30,31)20-14-12-19(3)13-15-20/h9-10,12-16,18,22H,7-8,11,17H2,1-6H3/t22-/m1/s1. The first-order valence-electron chi connectivity index (χ1n) is 11.5. The minimum atomic E-state index is -3.72. The van der Waals surface area contributed by atoms with Crippen LogP contribution in [0.15, 0.2) is 47.5 Å². The van der Waals surface area contributed by atoms with E-state index in [2.05, 4.69) is 4.98 Å². The van der Waals surface area contributed by atoms with Crippen LogP contribution in [0.3, 0.4) is 0 Å². The molecule has 1 atom stereocenters. The topological polar surface area (TPSA) is 79.8 Å². The van der Waals surface area contributed by atoms with Crippen molar-refractivity contribution in [2.75, 3.05) is 11.4 Å². The monoisotopic (exact) mass is 473 g/mol. The number of ether oxygens (including phenoxy) is 1. The molecule has 2 aromatic rings. The van der Waals surface area contributed by atoms with Crippen molar-refractivity contribution < 1.29 is 17.9 Å². The van der Waals surface area contributed by atoms with Crippen LogP contribution in [0.1, 0.15) is 71.0 Å². The number of carbonyl (C=O) groups excluding carboxylic acids is 1. The molecule has 0 spiro atoms. The Balaban J connectivity index is 2.06. The molecule has 0 saturated carbocycles. The number of aryl methyl sites for hydroxylation is 1. The normalized spacial score (nSPS) is 17.7. The molecule has 1 aromatic carbocycles. The van der Waals surface area contributed by atoms with Crippen LogP contribution >= 0.6 is 0 Å². The molecule has 3 rings (SSSR count). The Bertz CT molecular complexity index is 1080. The van der Waals surface area contributed by atoms with Crippen LogP contribution in [0.5, 0.6) is 0 Å². The van der Waals surface area contributed by atoms with Gasteiger partial charge >= 0.3 is 6.09 Å². The minimum Gasteiger partial charge on any atom is -0.443 e. The van der Waals surface area contributed by atoms with E-state index in [4.69, 9.17) is 4.74 Å². The maximum absolute atomic E-state index is 13.6.